The number of thioether (sulfide) groups is 1. The molecule has 0 saturated carbocycles. The van der Waals surface area contributed by atoms with Crippen molar-refractivity contribution in [3.63, 3.8) is 0 Å². The molecule has 0 bridgehead atoms. The van der Waals surface area contributed by atoms with Crippen molar-refractivity contribution in [3.8, 4) is 0 Å². The first-order chi connectivity index (χ1) is 13.5. The first-order valence-electron chi connectivity index (χ1n) is 8.83. The Bertz CT molecular complexity index is 870. The second-order valence-electron chi connectivity index (χ2n) is 6.39. The molecule has 0 radical (unpaired) electrons. The molecule has 2 atom stereocenters. The maximum atomic E-state index is 14.4. The molecule has 0 N–H and O–H groups in total. The van der Waals surface area contributed by atoms with Crippen molar-refractivity contribution in [2.75, 3.05) is 20.2 Å². The molecule has 2 aromatic rings. The van der Waals surface area contributed by atoms with E-state index in [1.807, 2.05) is 16.4 Å². The molecule has 0 spiro atoms. The minimum atomic E-state index is -0.839. The maximum Gasteiger partial charge on any atom is 0.327 e. The Morgan fingerprint density at radius 1 is 1.43 bits per heavy atom. The van der Waals surface area contributed by atoms with E-state index in [1.54, 1.807) is 31.3 Å². The highest BCUT2D eigenvalue weighted by Gasteiger charge is 2.36. The molecule has 3 rings (SSSR count). The topological polar surface area (TPSA) is 59.5 Å². The number of hydrogen-bond acceptors (Lipinski definition) is 7. The van der Waals surface area contributed by atoms with E-state index < -0.39 is 17.8 Å². The van der Waals surface area contributed by atoms with Crippen LogP contribution in [-0.2, 0) is 14.3 Å². The number of halogens is 1. The SMILES string of the molecule is COC(=O)C(c1ccccc1F)N1CCC(SC(C)=O)/C(=C\c2nccs2)C1. The van der Waals surface area contributed by atoms with Gasteiger partial charge in [-0.2, -0.15) is 0 Å². The number of rotatable bonds is 5. The van der Waals surface area contributed by atoms with Gasteiger partial charge < -0.3 is 4.74 Å². The van der Waals surface area contributed by atoms with Crippen molar-refractivity contribution in [3.05, 3.63) is 57.8 Å². The number of aromatic nitrogens is 1. The third kappa shape index (κ3) is 4.87. The molecular weight excluding hydrogens is 399 g/mol. The van der Waals surface area contributed by atoms with E-state index in [1.165, 1.54) is 36.3 Å². The smallest absolute Gasteiger partial charge is 0.327 e. The maximum absolute atomic E-state index is 14.4. The van der Waals surface area contributed by atoms with Gasteiger partial charge in [-0.05, 0) is 24.1 Å². The summed E-state index contributed by atoms with van der Waals surface area (Å²) in [7, 11) is 1.31. The third-order valence-electron chi connectivity index (χ3n) is 4.54. The summed E-state index contributed by atoms with van der Waals surface area (Å²) in [4.78, 5) is 30.4. The lowest BCUT2D eigenvalue weighted by Crippen LogP contribution is -2.43. The number of benzene rings is 1. The molecule has 1 aromatic heterocycles. The van der Waals surface area contributed by atoms with Crippen LogP contribution in [0.5, 0.6) is 0 Å². The van der Waals surface area contributed by atoms with Crippen LogP contribution in [0.4, 0.5) is 4.39 Å². The van der Waals surface area contributed by atoms with Gasteiger partial charge in [-0.3, -0.25) is 9.69 Å². The summed E-state index contributed by atoms with van der Waals surface area (Å²) in [5.41, 5.74) is 1.28. The minimum absolute atomic E-state index is 0.0107. The predicted molar refractivity (Wildman–Crippen MR) is 109 cm³/mol. The number of methoxy groups -OCH3 is 1. The molecule has 1 aliphatic rings. The molecule has 1 fully saturated rings. The van der Waals surface area contributed by atoms with Gasteiger partial charge in [0, 0.05) is 42.4 Å². The summed E-state index contributed by atoms with van der Waals surface area (Å²) in [6.07, 6.45) is 4.36. The molecule has 0 amide bonds. The summed E-state index contributed by atoms with van der Waals surface area (Å²) < 4.78 is 19.4. The monoisotopic (exact) mass is 420 g/mol. The molecule has 28 heavy (non-hydrogen) atoms. The van der Waals surface area contributed by atoms with Crippen LogP contribution in [0.2, 0.25) is 0 Å². The highest BCUT2D eigenvalue weighted by molar-refractivity contribution is 8.14. The summed E-state index contributed by atoms with van der Waals surface area (Å²) in [5.74, 6) is -0.944. The van der Waals surface area contributed by atoms with Crippen molar-refractivity contribution < 1.29 is 18.7 Å². The Kier molecular flexibility index (Phi) is 6.98. The molecule has 1 aromatic carbocycles. The fourth-order valence-electron chi connectivity index (χ4n) is 3.32. The number of piperidine rings is 1. The first-order valence-corrected chi connectivity index (χ1v) is 10.6. The van der Waals surface area contributed by atoms with Crippen LogP contribution in [0.25, 0.3) is 6.08 Å². The van der Waals surface area contributed by atoms with Crippen LogP contribution in [0.3, 0.4) is 0 Å². The predicted octanol–water partition coefficient (Wildman–Crippen LogP) is 3.93. The average Bonchev–Trinajstić information content (AvgIpc) is 3.18. The Morgan fingerprint density at radius 2 is 2.21 bits per heavy atom. The molecule has 1 aliphatic heterocycles. The standard InChI is InChI=1S/C20H21FN2O3S2/c1-13(24)28-17-7-9-23(12-14(17)11-18-22-8-10-27-18)19(20(25)26-2)15-5-3-4-6-16(15)21/h3-6,8,10-11,17,19H,7,9,12H2,1-2H3/b14-11-. The fourth-order valence-corrected chi connectivity index (χ4v) is 4.84. The van der Waals surface area contributed by atoms with Crippen molar-refractivity contribution in [2.45, 2.75) is 24.6 Å². The Hall–Kier alpha value is -2.03. The van der Waals surface area contributed by atoms with Crippen LogP contribution in [0.15, 0.2) is 41.4 Å². The average molecular weight is 421 g/mol. The van der Waals surface area contributed by atoms with Gasteiger partial charge in [-0.25, -0.2) is 14.2 Å². The summed E-state index contributed by atoms with van der Waals surface area (Å²) in [6, 6.07) is 5.41. The largest absolute Gasteiger partial charge is 0.468 e. The highest BCUT2D eigenvalue weighted by Crippen LogP contribution is 2.35. The lowest BCUT2D eigenvalue weighted by Gasteiger charge is -2.37. The Balaban J connectivity index is 1.93. The minimum Gasteiger partial charge on any atom is -0.468 e. The van der Waals surface area contributed by atoms with Crippen molar-refractivity contribution in [1.82, 2.24) is 9.88 Å². The lowest BCUT2D eigenvalue weighted by atomic mass is 9.98. The molecule has 1 saturated heterocycles. The lowest BCUT2D eigenvalue weighted by molar-refractivity contribution is -0.147. The van der Waals surface area contributed by atoms with Gasteiger partial charge in [0.2, 0.25) is 0 Å². The van der Waals surface area contributed by atoms with E-state index in [-0.39, 0.29) is 10.4 Å². The van der Waals surface area contributed by atoms with Crippen LogP contribution in [0, 0.1) is 5.82 Å². The highest BCUT2D eigenvalue weighted by atomic mass is 32.2. The number of likely N-dealkylation sites (tertiary alicyclic amines) is 1. The van der Waals surface area contributed by atoms with Crippen molar-refractivity contribution in [2.24, 2.45) is 0 Å². The normalized spacial score (nSPS) is 20.1. The van der Waals surface area contributed by atoms with Gasteiger partial charge in [0.05, 0.1) is 7.11 Å². The zero-order valence-electron chi connectivity index (χ0n) is 15.6. The van der Waals surface area contributed by atoms with Gasteiger partial charge >= 0.3 is 5.97 Å². The molecule has 2 unspecified atom stereocenters. The second kappa shape index (κ2) is 9.45. The number of hydrogen-bond donors (Lipinski definition) is 0. The Labute approximate surface area is 171 Å². The summed E-state index contributed by atoms with van der Waals surface area (Å²) in [6.45, 7) is 2.53. The van der Waals surface area contributed by atoms with E-state index in [0.717, 1.165) is 10.6 Å². The molecule has 0 aliphatic carbocycles. The third-order valence-corrected chi connectivity index (χ3v) is 6.41. The number of nitrogens with zero attached hydrogens (tertiary/aromatic N) is 2. The van der Waals surface area contributed by atoms with Crippen LogP contribution >= 0.6 is 23.1 Å². The summed E-state index contributed by atoms with van der Waals surface area (Å²) >= 11 is 2.79. The zero-order chi connectivity index (χ0) is 20.1. The first kappa shape index (κ1) is 20.7. The van der Waals surface area contributed by atoms with Gasteiger partial charge in [-0.1, -0.05) is 30.0 Å². The van der Waals surface area contributed by atoms with Gasteiger partial charge in [0.1, 0.15) is 16.9 Å². The molecule has 5 nitrogen and oxygen atoms in total. The quantitative estimate of drug-likeness (QED) is 0.683. The number of carbonyl (C=O) groups is 2. The van der Waals surface area contributed by atoms with E-state index in [9.17, 15) is 14.0 Å². The van der Waals surface area contributed by atoms with Gasteiger partial charge in [0.25, 0.3) is 0 Å². The number of carbonyl (C=O) groups excluding carboxylic acids is 2. The second-order valence-corrected chi connectivity index (χ2v) is 8.70. The van der Waals surface area contributed by atoms with E-state index in [0.29, 0.717) is 25.1 Å². The zero-order valence-corrected chi connectivity index (χ0v) is 17.3. The van der Waals surface area contributed by atoms with Crippen molar-refractivity contribution in [1.29, 1.82) is 0 Å². The van der Waals surface area contributed by atoms with Crippen molar-refractivity contribution >= 4 is 40.3 Å². The molecule has 8 heteroatoms. The van der Waals surface area contributed by atoms with Gasteiger partial charge in [0.15, 0.2) is 5.12 Å². The van der Waals surface area contributed by atoms with Crippen LogP contribution < -0.4 is 0 Å². The van der Waals surface area contributed by atoms with Crippen LogP contribution in [-0.4, -0.2) is 46.4 Å². The van der Waals surface area contributed by atoms with Crippen LogP contribution in [0.1, 0.15) is 30.0 Å². The number of esters is 1. The Morgan fingerprint density at radius 3 is 2.86 bits per heavy atom. The van der Waals surface area contributed by atoms with E-state index >= 15 is 0 Å². The number of thiazole rings is 1. The summed E-state index contributed by atoms with van der Waals surface area (Å²) in [5, 5.41) is 2.78. The number of ether oxygens (including phenoxy) is 1. The van der Waals surface area contributed by atoms with E-state index in [2.05, 4.69) is 4.98 Å². The van der Waals surface area contributed by atoms with E-state index in [4.69, 9.17) is 4.74 Å². The molecule has 2 heterocycles. The fraction of sp³-hybridized carbons (Fsp3) is 0.350. The molecular formula is C20H21FN2O3S2. The van der Waals surface area contributed by atoms with Gasteiger partial charge in [-0.15, -0.1) is 11.3 Å². The molecule has 148 valence electrons.